The quantitative estimate of drug-likeness (QED) is 0.918. The first-order valence-electron chi connectivity index (χ1n) is 6.34. The van der Waals surface area contributed by atoms with E-state index in [1.54, 1.807) is 6.07 Å². The fraction of sp³-hybridized carbons (Fsp3) is 0.583. The third-order valence-electron chi connectivity index (χ3n) is 3.27. The number of alkyl carbamates (subject to hydrolysis) is 1. The molecule has 0 aromatic carbocycles. The Kier molecular flexibility index (Phi) is 4.66. The Morgan fingerprint density at radius 3 is 2.55 bits per heavy atom. The van der Waals surface area contributed by atoms with Crippen LogP contribution < -0.4 is 5.32 Å². The highest BCUT2D eigenvalue weighted by atomic mass is 32.2. The summed E-state index contributed by atoms with van der Waals surface area (Å²) < 4.78 is 31.2. The zero-order valence-corrected chi connectivity index (χ0v) is 13.1. The smallest absolute Gasteiger partial charge is 0.407 e. The summed E-state index contributed by atoms with van der Waals surface area (Å²) in [5.41, 5.74) is 0. The van der Waals surface area contributed by atoms with Crippen LogP contribution in [0.25, 0.3) is 0 Å². The van der Waals surface area contributed by atoms with Crippen LogP contribution >= 0.6 is 11.3 Å². The van der Waals surface area contributed by atoms with E-state index in [0.717, 1.165) is 4.88 Å². The molecular formula is C12H18N2O4S2. The first-order chi connectivity index (χ1) is 9.43. The van der Waals surface area contributed by atoms with Gasteiger partial charge in [-0.15, -0.1) is 11.3 Å². The topological polar surface area (TPSA) is 75.7 Å². The van der Waals surface area contributed by atoms with Crippen molar-refractivity contribution < 1.29 is 17.9 Å². The van der Waals surface area contributed by atoms with Crippen molar-refractivity contribution in [3.8, 4) is 0 Å². The summed E-state index contributed by atoms with van der Waals surface area (Å²) in [6.45, 7) is 2.71. The van der Waals surface area contributed by atoms with Gasteiger partial charge >= 0.3 is 6.09 Å². The minimum Gasteiger partial charge on any atom is -0.453 e. The number of aryl methyl sites for hydroxylation is 1. The Labute approximate surface area is 122 Å². The Hall–Kier alpha value is -1.12. The summed E-state index contributed by atoms with van der Waals surface area (Å²) in [4.78, 5) is 12.1. The van der Waals surface area contributed by atoms with Crippen molar-refractivity contribution in [1.82, 2.24) is 9.62 Å². The maximum absolute atomic E-state index is 12.4. The van der Waals surface area contributed by atoms with E-state index in [-0.39, 0.29) is 6.04 Å². The van der Waals surface area contributed by atoms with Gasteiger partial charge in [-0.25, -0.2) is 13.2 Å². The molecule has 6 nitrogen and oxygen atoms in total. The van der Waals surface area contributed by atoms with Gasteiger partial charge in [-0.05, 0) is 31.9 Å². The highest BCUT2D eigenvalue weighted by Gasteiger charge is 2.30. The predicted octanol–water partition coefficient (Wildman–Crippen LogP) is 1.57. The Bertz CT molecular complexity index is 574. The van der Waals surface area contributed by atoms with Crippen LogP contribution in [0.5, 0.6) is 0 Å². The molecule has 1 aromatic heterocycles. The van der Waals surface area contributed by atoms with Gasteiger partial charge in [0.1, 0.15) is 4.21 Å². The monoisotopic (exact) mass is 318 g/mol. The first kappa shape index (κ1) is 15.3. The number of amides is 1. The predicted molar refractivity (Wildman–Crippen MR) is 76.4 cm³/mol. The van der Waals surface area contributed by atoms with Crippen molar-refractivity contribution in [2.24, 2.45) is 0 Å². The molecule has 0 bridgehead atoms. The summed E-state index contributed by atoms with van der Waals surface area (Å²) >= 11 is 1.28. The van der Waals surface area contributed by atoms with Crippen molar-refractivity contribution in [2.45, 2.75) is 30.0 Å². The standard InChI is InChI=1S/C12H18N2O4S2/c1-9-3-4-11(19-9)20(16,17)14-7-5-10(6-8-14)13-12(15)18-2/h3-4,10H,5-8H2,1-2H3,(H,13,15). The van der Waals surface area contributed by atoms with Crippen LogP contribution in [0.3, 0.4) is 0 Å². The van der Waals surface area contributed by atoms with Crippen LogP contribution in [-0.4, -0.2) is 45.1 Å². The number of hydrogen-bond donors (Lipinski definition) is 1. The molecule has 0 saturated carbocycles. The summed E-state index contributed by atoms with van der Waals surface area (Å²) in [6, 6.07) is 3.43. The minimum atomic E-state index is -3.39. The minimum absolute atomic E-state index is 0.0287. The molecule has 0 atom stereocenters. The molecule has 0 radical (unpaired) electrons. The van der Waals surface area contributed by atoms with E-state index in [4.69, 9.17) is 0 Å². The van der Waals surface area contributed by atoms with E-state index in [9.17, 15) is 13.2 Å². The highest BCUT2D eigenvalue weighted by Crippen LogP contribution is 2.26. The molecule has 8 heteroatoms. The fourth-order valence-corrected chi connectivity index (χ4v) is 5.05. The van der Waals surface area contributed by atoms with E-state index >= 15 is 0 Å². The Balaban J connectivity index is 1.98. The number of piperidine rings is 1. The van der Waals surface area contributed by atoms with Crippen molar-refractivity contribution >= 4 is 27.5 Å². The van der Waals surface area contributed by atoms with Gasteiger partial charge < -0.3 is 10.1 Å². The van der Waals surface area contributed by atoms with Gasteiger partial charge in [0, 0.05) is 24.0 Å². The lowest BCUT2D eigenvalue weighted by atomic mass is 10.1. The van der Waals surface area contributed by atoms with Crippen LogP contribution in [-0.2, 0) is 14.8 Å². The Morgan fingerprint density at radius 2 is 2.05 bits per heavy atom. The van der Waals surface area contributed by atoms with E-state index in [2.05, 4.69) is 10.1 Å². The average molecular weight is 318 g/mol. The van der Waals surface area contributed by atoms with Crippen molar-refractivity contribution in [3.05, 3.63) is 17.0 Å². The van der Waals surface area contributed by atoms with Gasteiger partial charge in [-0.2, -0.15) is 4.31 Å². The van der Waals surface area contributed by atoms with Crippen molar-refractivity contribution in [3.63, 3.8) is 0 Å². The molecule has 2 rings (SSSR count). The zero-order chi connectivity index (χ0) is 14.8. The second kappa shape index (κ2) is 6.11. The fourth-order valence-electron chi connectivity index (χ4n) is 2.14. The Morgan fingerprint density at radius 1 is 1.40 bits per heavy atom. The van der Waals surface area contributed by atoms with E-state index in [0.29, 0.717) is 30.1 Å². The molecule has 1 amide bonds. The molecule has 1 N–H and O–H groups in total. The molecule has 112 valence electrons. The van der Waals surface area contributed by atoms with Crippen LogP contribution in [0.1, 0.15) is 17.7 Å². The largest absolute Gasteiger partial charge is 0.453 e. The number of nitrogens with one attached hydrogen (secondary N) is 1. The summed E-state index contributed by atoms with van der Waals surface area (Å²) in [5.74, 6) is 0. The number of thiophene rings is 1. The van der Waals surface area contributed by atoms with Crippen LogP contribution in [0.2, 0.25) is 0 Å². The average Bonchev–Trinajstić information content (AvgIpc) is 2.86. The van der Waals surface area contributed by atoms with Crippen molar-refractivity contribution in [1.29, 1.82) is 0 Å². The number of hydrogen-bond acceptors (Lipinski definition) is 5. The maximum Gasteiger partial charge on any atom is 0.407 e. The lowest BCUT2D eigenvalue weighted by molar-refractivity contribution is 0.161. The molecule has 1 saturated heterocycles. The molecule has 0 unspecified atom stereocenters. The summed E-state index contributed by atoms with van der Waals surface area (Å²) in [7, 11) is -2.08. The molecular weight excluding hydrogens is 300 g/mol. The number of rotatable bonds is 3. The molecule has 20 heavy (non-hydrogen) atoms. The number of carbonyl (C=O) groups is 1. The molecule has 2 heterocycles. The van der Waals surface area contributed by atoms with Crippen LogP contribution in [0.15, 0.2) is 16.3 Å². The molecule has 1 aliphatic heterocycles. The summed E-state index contributed by atoms with van der Waals surface area (Å²) in [5, 5.41) is 2.70. The van der Waals surface area contributed by atoms with Gasteiger partial charge in [0.2, 0.25) is 0 Å². The second-order valence-corrected chi connectivity index (χ2v) is 8.13. The van der Waals surface area contributed by atoms with Gasteiger partial charge in [0.15, 0.2) is 0 Å². The highest BCUT2D eigenvalue weighted by molar-refractivity contribution is 7.91. The van der Waals surface area contributed by atoms with Crippen LogP contribution in [0.4, 0.5) is 4.79 Å². The zero-order valence-electron chi connectivity index (χ0n) is 11.5. The van der Waals surface area contributed by atoms with E-state index in [1.165, 1.54) is 22.8 Å². The number of carbonyl (C=O) groups excluding carboxylic acids is 1. The lowest BCUT2D eigenvalue weighted by Crippen LogP contribution is -2.46. The number of methoxy groups -OCH3 is 1. The molecule has 0 aliphatic carbocycles. The van der Waals surface area contributed by atoms with Gasteiger partial charge in [-0.3, -0.25) is 0 Å². The SMILES string of the molecule is COC(=O)NC1CCN(S(=O)(=O)c2ccc(C)s2)CC1. The lowest BCUT2D eigenvalue weighted by Gasteiger charge is -2.30. The van der Waals surface area contributed by atoms with Gasteiger partial charge in [-0.1, -0.05) is 0 Å². The summed E-state index contributed by atoms with van der Waals surface area (Å²) in [6.07, 6.45) is 0.720. The third-order valence-corrected chi connectivity index (χ3v) is 6.64. The van der Waals surface area contributed by atoms with Gasteiger partial charge in [0.05, 0.1) is 7.11 Å². The van der Waals surface area contributed by atoms with Gasteiger partial charge in [0.25, 0.3) is 10.0 Å². The second-order valence-electron chi connectivity index (χ2n) is 4.68. The van der Waals surface area contributed by atoms with Crippen LogP contribution in [0, 0.1) is 6.92 Å². The molecule has 1 fully saturated rings. The molecule has 1 aliphatic rings. The normalized spacial score (nSPS) is 17.9. The number of ether oxygens (including phenoxy) is 1. The third kappa shape index (κ3) is 3.31. The first-order valence-corrected chi connectivity index (χ1v) is 8.60. The number of nitrogens with zero attached hydrogens (tertiary/aromatic N) is 1. The van der Waals surface area contributed by atoms with E-state index in [1.807, 2.05) is 13.0 Å². The number of sulfonamides is 1. The van der Waals surface area contributed by atoms with E-state index < -0.39 is 16.1 Å². The molecule has 0 spiro atoms. The maximum atomic E-state index is 12.4. The van der Waals surface area contributed by atoms with Crippen molar-refractivity contribution in [2.75, 3.05) is 20.2 Å². The molecule has 1 aromatic rings.